The Kier molecular flexibility index (Phi) is 10.1. The zero-order valence-electron chi connectivity index (χ0n) is 18.1. The van der Waals surface area contributed by atoms with Crippen molar-refractivity contribution in [2.24, 2.45) is 4.99 Å². The van der Waals surface area contributed by atoms with Gasteiger partial charge in [-0.05, 0) is 35.7 Å². The summed E-state index contributed by atoms with van der Waals surface area (Å²) >= 11 is 0. The van der Waals surface area contributed by atoms with Crippen LogP contribution < -0.4 is 10.6 Å². The fraction of sp³-hybridized carbons (Fsp3) is 0.435. The van der Waals surface area contributed by atoms with Crippen molar-refractivity contribution >= 4 is 40.7 Å². The van der Waals surface area contributed by atoms with Crippen LogP contribution in [0.4, 0.5) is 0 Å². The quantitative estimate of drug-likeness (QED) is 0.186. The number of hydrogen-bond acceptors (Lipinski definition) is 3. The normalized spacial score (nSPS) is 12.4. The highest BCUT2D eigenvalue weighted by Crippen LogP contribution is 2.20. The summed E-state index contributed by atoms with van der Waals surface area (Å²) in [4.78, 5) is 4.76. The highest BCUT2D eigenvalue weighted by Gasteiger charge is 2.09. The zero-order valence-corrected chi connectivity index (χ0v) is 20.5. The predicted molar refractivity (Wildman–Crippen MR) is 136 cm³/mol. The number of unbranched alkanes of at least 4 members (excludes halogenated alkanes) is 1. The van der Waals surface area contributed by atoms with E-state index in [1.165, 1.54) is 16.3 Å². The van der Waals surface area contributed by atoms with E-state index in [2.05, 4.69) is 88.6 Å². The first-order valence-corrected chi connectivity index (χ1v) is 10.6. The number of nitrogens with one attached hydrogen (secondary N) is 2. The molecule has 0 amide bonds. The van der Waals surface area contributed by atoms with Gasteiger partial charge in [0.25, 0.3) is 0 Å². The maximum atomic E-state index is 4.76. The summed E-state index contributed by atoms with van der Waals surface area (Å²) in [7, 11) is 0. The van der Waals surface area contributed by atoms with Crippen LogP contribution in [0.5, 0.6) is 0 Å². The Morgan fingerprint density at radius 2 is 1.93 bits per heavy atom. The van der Waals surface area contributed by atoms with E-state index in [1.54, 1.807) is 6.33 Å². The first kappa shape index (κ1) is 24.1. The molecule has 0 saturated carbocycles. The Hall–Kier alpha value is -2.16. The van der Waals surface area contributed by atoms with E-state index in [-0.39, 0.29) is 30.0 Å². The largest absolute Gasteiger partial charge is 0.355 e. The smallest absolute Gasteiger partial charge is 0.191 e. The van der Waals surface area contributed by atoms with Gasteiger partial charge in [0, 0.05) is 26.1 Å². The third kappa shape index (κ3) is 6.68. The van der Waals surface area contributed by atoms with Crippen LogP contribution in [0.15, 0.2) is 53.8 Å². The van der Waals surface area contributed by atoms with Gasteiger partial charge in [0.15, 0.2) is 5.96 Å². The number of benzene rings is 2. The van der Waals surface area contributed by atoms with Crippen LogP contribution in [0.1, 0.15) is 51.0 Å². The lowest BCUT2D eigenvalue weighted by Gasteiger charge is -2.19. The number of aliphatic imine (C=N–C) groups is 1. The van der Waals surface area contributed by atoms with Crippen molar-refractivity contribution in [3.8, 4) is 0 Å². The Morgan fingerprint density at radius 1 is 1.13 bits per heavy atom. The number of aromatic nitrogens is 3. The summed E-state index contributed by atoms with van der Waals surface area (Å²) in [6, 6.07) is 15.2. The van der Waals surface area contributed by atoms with Crippen molar-refractivity contribution in [3.63, 3.8) is 0 Å². The van der Waals surface area contributed by atoms with Crippen LogP contribution in [-0.4, -0.2) is 33.8 Å². The first-order chi connectivity index (χ1) is 14.2. The van der Waals surface area contributed by atoms with Crippen molar-refractivity contribution in [1.29, 1.82) is 0 Å². The third-order valence-electron chi connectivity index (χ3n) is 5.07. The molecule has 6 nitrogen and oxygen atoms in total. The molecule has 162 valence electrons. The maximum Gasteiger partial charge on any atom is 0.191 e. The summed E-state index contributed by atoms with van der Waals surface area (Å²) in [5, 5.41) is 17.7. The standard InChI is InChI=1S/C23H32N6.HI/c1-4-6-13-24-23(25-14-15-29-17-26-28-22(29)5-2)27-18(3)20-12-11-19-9-7-8-10-21(19)16-20;/h7-12,16-18H,4-6,13-15H2,1-3H3,(H2,24,25,27);1H. The molecule has 2 aromatic carbocycles. The van der Waals surface area contributed by atoms with E-state index >= 15 is 0 Å². The molecule has 3 rings (SSSR count). The molecule has 0 aliphatic rings. The van der Waals surface area contributed by atoms with Gasteiger partial charge in [0.1, 0.15) is 12.2 Å². The number of nitrogens with zero attached hydrogens (tertiary/aromatic N) is 4. The van der Waals surface area contributed by atoms with Crippen molar-refractivity contribution in [2.45, 2.75) is 52.6 Å². The summed E-state index contributed by atoms with van der Waals surface area (Å²) < 4.78 is 2.09. The van der Waals surface area contributed by atoms with Crippen molar-refractivity contribution in [1.82, 2.24) is 25.4 Å². The van der Waals surface area contributed by atoms with E-state index in [9.17, 15) is 0 Å². The second-order valence-electron chi connectivity index (χ2n) is 7.28. The predicted octanol–water partition coefficient (Wildman–Crippen LogP) is 4.71. The van der Waals surface area contributed by atoms with Gasteiger partial charge in [0.2, 0.25) is 0 Å². The van der Waals surface area contributed by atoms with Gasteiger partial charge < -0.3 is 15.2 Å². The molecule has 7 heteroatoms. The van der Waals surface area contributed by atoms with Crippen LogP contribution >= 0.6 is 24.0 Å². The molecule has 1 atom stereocenters. The number of hydrogen-bond donors (Lipinski definition) is 2. The van der Waals surface area contributed by atoms with Gasteiger partial charge in [-0.1, -0.05) is 56.7 Å². The molecule has 0 fully saturated rings. The molecule has 1 heterocycles. The van der Waals surface area contributed by atoms with E-state index in [4.69, 9.17) is 4.99 Å². The fourth-order valence-electron chi connectivity index (χ4n) is 3.30. The lowest BCUT2D eigenvalue weighted by Crippen LogP contribution is -2.40. The summed E-state index contributed by atoms with van der Waals surface area (Å²) in [6.07, 6.45) is 4.90. The van der Waals surface area contributed by atoms with Gasteiger partial charge in [-0.2, -0.15) is 0 Å². The van der Waals surface area contributed by atoms with Crippen LogP contribution in [0.3, 0.4) is 0 Å². The summed E-state index contributed by atoms with van der Waals surface area (Å²) in [6.45, 7) is 8.87. The molecule has 2 N–H and O–H groups in total. The molecule has 0 spiro atoms. The topological polar surface area (TPSA) is 67.1 Å². The Balaban J connectivity index is 0.00000320. The SMILES string of the molecule is CCCCN=C(NCCn1cnnc1CC)NC(C)c1ccc2ccccc2c1.I. The molecular weight excluding hydrogens is 487 g/mol. The molecule has 0 aliphatic heterocycles. The van der Waals surface area contributed by atoms with E-state index in [1.807, 2.05) is 0 Å². The van der Waals surface area contributed by atoms with Crippen molar-refractivity contribution in [3.05, 3.63) is 60.2 Å². The van der Waals surface area contributed by atoms with Gasteiger partial charge in [-0.3, -0.25) is 4.99 Å². The van der Waals surface area contributed by atoms with E-state index in [0.29, 0.717) is 0 Å². The lowest BCUT2D eigenvalue weighted by molar-refractivity contribution is 0.618. The Bertz CT molecular complexity index is 936. The van der Waals surface area contributed by atoms with Crippen LogP contribution in [0.25, 0.3) is 10.8 Å². The highest BCUT2D eigenvalue weighted by molar-refractivity contribution is 14.0. The van der Waals surface area contributed by atoms with Crippen LogP contribution in [0.2, 0.25) is 0 Å². The average molecular weight is 520 g/mol. The molecular formula is C23H33IN6. The highest BCUT2D eigenvalue weighted by atomic mass is 127. The number of halogens is 1. The monoisotopic (exact) mass is 520 g/mol. The van der Waals surface area contributed by atoms with Gasteiger partial charge in [0.05, 0.1) is 6.04 Å². The van der Waals surface area contributed by atoms with Crippen LogP contribution in [-0.2, 0) is 13.0 Å². The second kappa shape index (κ2) is 12.5. The summed E-state index contributed by atoms with van der Waals surface area (Å²) in [5.74, 6) is 1.86. The maximum absolute atomic E-state index is 4.76. The fourth-order valence-corrected chi connectivity index (χ4v) is 3.30. The Morgan fingerprint density at radius 3 is 2.70 bits per heavy atom. The minimum Gasteiger partial charge on any atom is -0.355 e. The third-order valence-corrected chi connectivity index (χ3v) is 5.07. The molecule has 0 saturated heterocycles. The number of aryl methyl sites for hydroxylation is 1. The lowest BCUT2D eigenvalue weighted by atomic mass is 10.0. The van der Waals surface area contributed by atoms with Gasteiger partial charge >= 0.3 is 0 Å². The van der Waals surface area contributed by atoms with Crippen molar-refractivity contribution < 1.29 is 0 Å². The minimum absolute atomic E-state index is 0. The number of fused-ring (bicyclic) bond motifs is 1. The summed E-state index contributed by atoms with van der Waals surface area (Å²) in [5.41, 5.74) is 1.25. The average Bonchev–Trinajstić information content (AvgIpc) is 3.21. The minimum atomic E-state index is 0. The zero-order chi connectivity index (χ0) is 20.5. The number of rotatable bonds is 9. The molecule has 30 heavy (non-hydrogen) atoms. The number of guanidine groups is 1. The first-order valence-electron chi connectivity index (χ1n) is 10.6. The second-order valence-corrected chi connectivity index (χ2v) is 7.28. The molecule has 3 aromatic rings. The van der Waals surface area contributed by atoms with Gasteiger partial charge in [-0.25, -0.2) is 0 Å². The van der Waals surface area contributed by atoms with Crippen molar-refractivity contribution in [2.75, 3.05) is 13.1 Å². The molecule has 1 unspecified atom stereocenters. The molecule has 1 aromatic heterocycles. The molecule has 0 aliphatic carbocycles. The Labute approximate surface area is 196 Å². The van der Waals surface area contributed by atoms with E-state index in [0.717, 1.165) is 50.7 Å². The van der Waals surface area contributed by atoms with Gasteiger partial charge in [-0.15, -0.1) is 34.2 Å². The molecule has 0 radical (unpaired) electrons. The van der Waals surface area contributed by atoms with Crippen LogP contribution in [0, 0.1) is 0 Å². The molecule has 0 bridgehead atoms. The van der Waals surface area contributed by atoms with E-state index < -0.39 is 0 Å².